The fourth-order valence-corrected chi connectivity index (χ4v) is 3.31. The van der Waals surface area contributed by atoms with Crippen molar-refractivity contribution in [3.63, 3.8) is 0 Å². The van der Waals surface area contributed by atoms with E-state index in [0.29, 0.717) is 6.42 Å². The van der Waals surface area contributed by atoms with Gasteiger partial charge >= 0.3 is 0 Å². The summed E-state index contributed by atoms with van der Waals surface area (Å²) in [6.45, 7) is 3.86. The zero-order chi connectivity index (χ0) is 17.4. The molecule has 2 N–H and O–H groups in total. The molecule has 2 aromatic rings. The number of unbranched alkanes of at least 4 members (excludes halogenated alkanes) is 3. The van der Waals surface area contributed by atoms with Gasteiger partial charge in [0.05, 0.1) is 0 Å². The van der Waals surface area contributed by atoms with E-state index < -0.39 is 0 Å². The molecule has 4 nitrogen and oxygen atoms in total. The Kier molecular flexibility index (Phi) is 7.37. The number of benzene rings is 1. The number of anilines is 1. The maximum absolute atomic E-state index is 12.0. The van der Waals surface area contributed by atoms with Crippen LogP contribution in [0.4, 0.5) is 5.69 Å². The Balaban J connectivity index is 1.57. The number of nitrogens with one attached hydrogen (secondary N) is 2. The first kappa shape index (κ1) is 18.6. The maximum Gasteiger partial charge on any atom is 0.224 e. The van der Waals surface area contributed by atoms with Gasteiger partial charge in [0.2, 0.25) is 5.91 Å². The quantitative estimate of drug-likeness (QED) is 0.630. The molecule has 24 heavy (non-hydrogen) atoms. The summed E-state index contributed by atoms with van der Waals surface area (Å²) in [6, 6.07) is 7.89. The highest BCUT2D eigenvalue weighted by molar-refractivity contribution is 8.13. The molecule has 2 rings (SSSR count). The van der Waals surface area contributed by atoms with E-state index >= 15 is 0 Å². The largest absolute Gasteiger partial charge is 0.361 e. The van der Waals surface area contributed by atoms with Gasteiger partial charge in [0.15, 0.2) is 5.12 Å². The zero-order valence-corrected chi connectivity index (χ0v) is 15.2. The van der Waals surface area contributed by atoms with E-state index in [9.17, 15) is 9.59 Å². The number of aromatic nitrogens is 1. The third kappa shape index (κ3) is 6.04. The molecule has 0 aliphatic rings. The number of amides is 1. The molecule has 0 saturated heterocycles. The van der Waals surface area contributed by atoms with Gasteiger partial charge in [0.25, 0.3) is 0 Å². The second-order valence-electron chi connectivity index (χ2n) is 6.31. The Morgan fingerprint density at radius 2 is 1.92 bits per heavy atom. The maximum atomic E-state index is 12.0. The van der Waals surface area contributed by atoms with Gasteiger partial charge in [0.1, 0.15) is 0 Å². The Morgan fingerprint density at radius 1 is 1.12 bits per heavy atom. The summed E-state index contributed by atoms with van der Waals surface area (Å²) in [5.41, 5.74) is 1.86. The number of aromatic amines is 1. The van der Waals surface area contributed by atoms with Crippen LogP contribution in [0.2, 0.25) is 0 Å². The molecule has 1 aromatic heterocycles. The molecule has 1 amide bonds. The van der Waals surface area contributed by atoms with Gasteiger partial charge in [-0.2, -0.15) is 0 Å². The minimum atomic E-state index is 0.0604. The van der Waals surface area contributed by atoms with Crippen molar-refractivity contribution in [1.29, 1.82) is 0 Å². The lowest BCUT2D eigenvalue weighted by Gasteiger charge is -2.06. The lowest BCUT2D eigenvalue weighted by molar-refractivity contribution is -0.116. The van der Waals surface area contributed by atoms with Gasteiger partial charge in [-0.25, -0.2) is 0 Å². The van der Waals surface area contributed by atoms with Crippen molar-refractivity contribution in [3.05, 3.63) is 30.5 Å². The first-order valence-electron chi connectivity index (χ1n) is 8.60. The molecule has 5 heteroatoms. The lowest BCUT2D eigenvalue weighted by atomic mass is 10.1. The molecule has 1 aromatic carbocycles. The molecular formula is C19H26N2O2S. The molecule has 0 atom stereocenters. The smallest absolute Gasteiger partial charge is 0.224 e. The highest BCUT2D eigenvalue weighted by atomic mass is 32.2. The number of H-pyrrole nitrogens is 1. The summed E-state index contributed by atoms with van der Waals surface area (Å²) in [7, 11) is 0. The standard InChI is InChI=1S/C19H26N2O2S/c1-14(2)19(23)24-12-6-4-3-5-7-18(22)21-16-9-8-15-10-11-20-17(15)13-16/h8-11,13-14,20H,3-7,12H2,1-2H3,(H,21,22). The molecule has 0 spiro atoms. The Labute approximate surface area is 147 Å². The van der Waals surface area contributed by atoms with Crippen molar-refractivity contribution in [1.82, 2.24) is 4.98 Å². The van der Waals surface area contributed by atoms with Crippen molar-refractivity contribution < 1.29 is 9.59 Å². The van der Waals surface area contributed by atoms with Crippen LogP contribution in [0.1, 0.15) is 46.0 Å². The van der Waals surface area contributed by atoms with Crippen LogP contribution in [0, 0.1) is 5.92 Å². The molecule has 1 heterocycles. The van der Waals surface area contributed by atoms with E-state index in [2.05, 4.69) is 10.3 Å². The van der Waals surface area contributed by atoms with Crippen molar-refractivity contribution in [3.8, 4) is 0 Å². The molecule has 0 radical (unpaired) electrons. The van der Waals surface area contributed by atoms with E-state index in [1.807, 2.05) is 44.3 Å². The molecule has 0 saturated carbocycles. The summed E-state index contributed by atoms with van der Waals surface area (Å²) in [6.07, 6.45) is 6.46. The number of carbonyl (C=O) groups is 2. The van der Waals surface area contributed by atoms with Gasteiger partial charge in [0, 0.05) is 35.5 Å². The Hall–Kier alpha value is -1.75. The number of fused-ring (bicyclic) bond motifs is 1. The fourth-order valence-electron chi connectivity index (χ4n) is 2.43. The number of carbonyl (C=O) groups excluding carboxylic acids is 2. The first-order valence-corrected chi connectivity index (χ1v) is 9.58. The number of hydrogen-bond acceptors (Lipinski definition) is 3. The Bertz CT molecular complexity index is 679. The van der Waals surface area contributed by atoms with E-state index in [0.717, 1.165) is 48.0 Å². The summed E-state index contributed by atoms with van der Waals surface area (Å²) >= 11 is 1.43. The monoisotopic (exact) mass is 346 g/mol. The van der Waals surface area contributed by atoms with Gasteiger partial charge in [-0.1, -0.05) is 44.5 Å². The van der Waals surface area contributed by atoms with Gasteiger partial charge in [-0.3, -0.25) is 9.59 Å². The first-order chi connectivity index (χ1) is 11.6. The SMILES string of the molecule is CC(C)C(=O)SCCCCCCC(=O)Nc1ccc2cc[nH]c2c1. The van der Waals surface area contributed by atoms with Gasteiger partial charge < -0.3 is 10.3 Å². The third-order valence-electron chi connectivity index (χ3n) is 3.85. The molecule has 0 fully saturated rings. The molecule has 130 valence electrons. The highest BCUT2D eigenvalue weighted by Gasteiger charge is 2.07. The molecule has 0 unspecified atom stereocenters. The average molecular weight is 346 g/mol. The second-order valence-corrected chi connectivity index (χ2v) is 7.41. The van der Waals surface area contributed by atoms with Crippen LogP contribution >= 0.6 is 11.8 Å². The van der Waals surface area contributed by atoms with Crippen LogP contribution in [-0.4, -0.2) is 21.8 Å². The van der Waals surface area contributed by atoms with Gasteiger partial charge in [-0.05, 0) is 36.4 Å². The second kappa shape index (κ2) is 9.52. The molecule has 0 aliphatic carbocycles. The predicted octanol–water partition coefficient (Wildman–Crippen LogP) is 4.97. The summed E-state index contributed by atoms with van der Waals surface area (Å²) in [5.74, 6) is 1.06. The van der Waals surface area contributed by atoms with Crippen molar-refractivity contribution in [2.24, 2.45) is 5.92 Å². The predicted molar refractivity (Wildman–Crippen MR) is 102 cm³/mol. The van der Waals surface area contributed by atoms with E-state index in [-0.39, 0.29) is 16.9 Å². The van der Waals surface area contributed by atoms with E-state index in [4.69, 9.17) is 0 Å². The van der Waals surface area contributed by atoms with Crippen LogP contribution in [-0.2, 0) is 9.59 Å². The van der Waals surface area contributed by atoms with Crippen molar-refractivity contribution in [2.45, 2.75) is 46.0 Å². The number of thioether (sulfide) groups is 1. The number of hydrogen-bond donors (Lipinski definition) is 2. The topological polar surface area (TPSA) is 62.0 Å². The van der Waals surface area contributed by atoms with Crippen LogP contribution in [0.15, 0.2) is 30.5 Å². The summed E-state index contributed by atoms with van der Waals surface area (Å²) in [4.78, 5) is 26.6. The summed E-state index contributed by atoms with van der Waals surface area (Å²) in [5, 5.41) is 4.36. The zero-order valence-electron chi connectivity index (χ0n) is 14.4. The third-order valence-corrected chi connectivity index (χ3v) is 5.10. The van der Waals surface area contributed by atoms with E-state index in [1.165, 1.54) is 11.8 Å². The average Bonchev–Trinajstić information content (AvgIpc) is 3.01. The van der Waals surface area contributed by atoms with Crippen molar-refractivity contribution in [2.75, 3.05) is 11.1 Å². The number of rotatable bonds is 9. The summed E-state index contributed by atoms with van der Waals surface area (Å²) < 4.78 is 0. The lowest BCUT2D eigenvalue weighted by Crippen LogP contribution is -2.10. The Morgan fingerprint density at radius 3 is 2.71 bits per heavy atom. The fraction of sp³-hybridized carbons (Fsp3) is 0.474. The molecule has 0 aliphatic heterocycles. The minimum Gasteiger partial charge on any atom is -0.361 e. The van der Waals surface area contributed by atoms with Crippen LogP contribution in [0.5, 0.6) is 0 Å². The molecule has 0 bridgehead atoms. The highest BCUT2D eigenvalue weighted by Crippen LogP contribution is 2.18. The van der Waals surface area contributed by atoms with E-state index in [1.54, 1.807) is 0 Å². The van der Waals surface area contributed by atoms with Crippen LogP contribution in [0.25, 0.3) is 10.9 Å². The van der Waals surface area contributed by atoms with Gasteiger partial charge in [-0.15, -0.1) is 0 Å². The van der Waals surface area contributed by atoms with Crippen molar-refractivity contribution >= 4 is 39.4 Å². The van der Waals surface area contributed by atoms with Crippen LogP contribution < -0.4 is 5.32 Å². The van der Waals surface area contributed by atoms with Crippen LogP contribution in [0.3, 0.4) is 0 Å². The normalized spacial score (nSPS) is 11.1. The minimum absolute atomic E-state index is 0.0604. The molecular weight excluding hydrogens is 320 g/mol.